The molecule has 4 nitrogen and oxygen atoms in total. The summed E-state index contributed by atoms with van der Waals surface area (Å²) in [6.07, 6.45) is 3.18. The highest BCUT2D eigenvalue weighted by Crippen LogP contribution is 2.39. The normalized spacial score (nSPS) is 13.2. The number of alkyl halides is 1. The summed E-state index contributed by atoms with van der Waals surface area (Å²) in [5, 5.41) is 2.76. The fourth-order valence-corrected chi connectivity index (χ4v) is 2.08. The van der Waals surface area contributed by atoms with Gasteiger partial charge >= 0.3 is 0 Å². The van der Waals surface area contributed by atoms with Gasteiger partial charge in [-0.2, -0.15) is 0 Å². The molecule has 0 spiro atoms. The fourth-order valence-electron chi connectivity index (χ4n) is 2.01. The van der Waals surface area contributed by atoms with Crippen molar-refractivity contribution in [3.8, 4) is 11.5 Å². The number of halogens is 1. The third-order valence-electron chi connectivity index (χ3n) is 2.92. The maximum absolute atomic E-state index is 11.5. The second kappa shape index (κ2) is 6.66. The van der Waals surface area contributed by atoms with Crippen LogP contribution in [-0.4, -0.2) is 25.0 Å². The lowest BCUT2D eigenvalue weighted by atomic mass is 10.1. The van der Waals surface area contributed by atoms with Crippen LogP contribution in [0.2, 0.25) is 0 Å². The number of amides is 1. The second-order valence-electron chi connectivity index (χ2n) is 4.45. The number of ether oxygens (including phenoxy) is 2. The minimum Gasteiger partial charge on any atom is -0.486 e. The molecular formula is C14H18ClNO3. The second-order valence-corrected chi connectivity index (χ2v) is 4.72. The molecular weight excluding hydrogens is 266 g/mol. The topological polar surface area (TPSA) is 47.6 Å². The summed E-state index contributed by atoms with van der Waals surface area (Å²) in [7, 11) is 0. The fraction of sp³-hybridized carbons (Fsp3) is 0.500. The van der Waals surface area contributed by atoms with E-state index in [0.29, 0.717) is 30.4 Å². The first-order valence-electron chi connectivity index (χ1n) is 6.53. The van der Waals surface area contributed by atoms with Crippen LogP contribution >= 0.6 is 11.6 Å². The van der Waals surface area contributed by atoms with Crippen LogP contribution in [0.4, 0.5) is 5.69 Å². The third-order valence-corrected chi connectivity index (χ3v) is 3.16. The molecule has 1 heterocycles. The number of carbonyl (C=O) groups is 1. The summed E-state index contributed by atoms with van der Waals surface area (Å²) in [6.45, 7) is 3.17. The lowest BCUT2D eigenvalue weighted by molar-refractivity contribution is -0.113. The van der Waals surface area contributed by atoms with Gasteiger partial charge in [-0.1, -0.05) is 13.3 Å². The molecule has 0 bridgehead atoms. The molecule has 1 amide bonds. The lowest BCUT2D eigenvalue weighted by Gasteiger charge is -2.22. The number of hydrogen-bond donors (Lipinski definition) is 1. The molecule has 104 valence electrons. The summed E-state index contributed by atoms with van der Waals surface area (Å²) in [5.74, 6) is 0.981. The smallest absolute Gasteiger partial charge is 0.239 e. The number of carbonyl (C=O) groups excluding carboxylic acids is 1. The Bertz CT molecular complexity index is 462. The number of aryl methyl sites for hydroxylation is 1. The number of hydrogen-bond acceptors (Lipinski definition) is 3. The van der Waals surface area contributed by atoms with E-state index in [1.807, 2.05) is 12.1 Å². The monoisotopic (exact) mass is 283 g/mol. The van der Waals surface area contributed by atoms with Gasteiger partial charge in [-0.3, -0.25) is 4.79 Å². The van der Waals surface area contributed by atoms with Crippen molar-refractivity contribution in [1.29, 1.82) is 0 Å². The van der Waals surface area contributed by atoms with Crippen LogP contribution in [0, 0.1) is 0 Å². The highest BCUT2D eigenvalue weighted by Gasteiger charge is 2.18. The molecule has 1 aliphatic rings. The van der Waals surface area contributed by atoms with Crippen LogP contribution in [-0.2, 0) is 11.2 Å². The summed E-state index contributed by atoms with van der Waals surface area (Å²) in [6, 6.07) is 3.92. The minimum absolute atomic E-state index is 0.0746. The van der Waals surface area contributed by atoms with Crippen LogP contribution < -0.4 is 14.8 Å². The zero-order chi connectivity index (χ0) is 13.7. The lowest BCUT2D eigenvalue weighted by Crippen LogP contribution is -2.19. The van der Waals surface area contributed by atoms with Gasteiger partial charge in [0.15, 0.2) is 11.5 Å². The first-order valence-corrected chi connectivity index (χ1v) is 7.06. The predicted molar refractivity (Wildman–Crippen MR) is 75.4 cm³/mol. The van der Waals surface area contributed by atoms with Crippen molar-refractivity contribution in [2.45, 2.75) is 26.2 Å². The van der Waals surface area contributed by atoms with Gasteiger partial charge in [0.1, 0.15) is 19.1 Å². The SMILES string of the molecule is CCCCc1cc(NC(=O)CCl)c2c(c1)OCCO2. The van der Waals surface area contributed by atoms with Crippen molar-refractivity contribution >= 4 is 23.2 Å². The summed E-state index contributed by atoms with van der Waals surface area (Å²) in [4.78, 5) is 11.5. The molecule has 0 aromatic heterocycles. The van der Waals surface area contributed by atoms with E-state index >= 15 is 0 Å². The van der Waals surface area contributed by atoms with Gasteiger partial charge in [0.2, 0.25) is 5.91 Å². The zero-order valence-corrected chi connectivity index (χ0v) is 11.8. The van der Waals surface area contributed by atoms with Gasteiger partial charge < -0.3 is 14.8 Å². The number of nitrogens with one attached hydrogen (secondary N) is 1. The van der Waals surface area contributed by atoms with E-state index in [4.69, 9.17) is 21.1 Å². The van der Waals surface area contributed by atoms with E-state index in [0.717, 1.165) is 24.8 Å². The highest BCUT2D eigenvalue weighted by atomic mass is 35.5. The average molecular weight is 284 g/mol. The predicted octanol–water partition coefficient (Wildman–Crippen LogP) is 2.98. The van der Waals surface area contributed by atoms with Crippen LogP contribution in [0.5, 0.6) is 11.5 Å². The highest BCUT2D eigenvalue weighted by molar-refractivity contribution is 6.29. The molecule has 5 heteroatoms. The largest absolute Gasteiger partial charge is 0.486 e. The standard InChI is InChI=1S/C14H18ClNO3/c1-2-3-4-10-7-11(16-13(17)9-15)14-12(8-10)18-5-6-19-14/h7-8H,2-6,9H2,1H3,(H,16,17). The maximum atomic E-state index is 11.5. The van der Waals surface area contributed by atoms with Gasteiger partial charge in [-0.25, -0.2) is 0 Å². The number of benzene rings is 1. The third kappa shape index (κ3) is 3.53. The minimum atomic E-state index is -0.245. The van der Waals surface area contributed by atoms with Crippen molar-refractivity contribution < 1.29 is 14.3 Å². The number of rotatable bonds is 5. The molecule has 1 N–H and O–H groups in total. The number of anilines is 1. The molecule has 1 aromatic rings. The quantitative estimate of drug-likeness (QED) is 0.845. The molecule has 0 aliphatic carbocycles. The molecule has 1 aliphatic heterocycles. The van der Waals surface area contributed by atoms with Crippen LogP contribution in [0.25, 0.3) is 0 Å². The molecule has 1 aromatic carbocycles. The molecule has 0 radical (unpaired) electrons. The zero-order valence-electron chi connectivity index (χ0n) is 11.0. The Morgan fingerprint density at radius 1 is 1.37 bits per heavy atom. The number of fused-ring (bicyclic) bond motifs is 1. The van der Waals surface area contributed by atoms with Gasteiger partial charge in [0.25, 0.3) is 0 Å². The van der Waals surface area contributed by atoms with E-state index in [1.54, 1.807) is 0 Å². The van der Waals surface area contributed by atoms with Crippen LogP contribution in [0.1, 0.15) is 25.3 Å². The Morgan fingerprint density at radius 3 is 2.89 bits per heavy atom. The summed E-state index contributed by atoms with van der Waals surface area (Å²) < 4.78 is 11.2. The van der Waals surface area contributed by atoms with Crippen molar-refractivity contribution in [1.82, 2.24) is 0 Å². The maximum Gasteiger partial charge on any atom is 0.239 e. The van der Waals surface area contributed by atoms with Gasteiger partial charge in [-0.15, -0.1) is 11.6 Å². The summed E-state index contributed by atoms with van der Waals surface area (Å²) >= 11 is 5.52. The Labute approximate surface area is 118 Å². The average Bonchev–Trinajstić information content (AvgIpc) is 2.45. The van der Waals surface area contributed by atoms with Crippen LogP contribution in [0.3, 0.4) is 0 Å². The molecule has 0 saturated carbocycles. The molecule has 0 saturated heterocycles. The van der Waals surface area contributed by atoms with Crippen molar-refractivity contribution in [3.63, 3.8) is 0 Å². The first kappa shape index (κ1) is 14.0. The first-order chi connectivity index (χ1) is 9.24. The van der Waals surface area contributed by atoms with Crippen LogP contribution in [0.15, 0.2) is 12.1 Å². The van der Waals surface area contributed by atoms with E-state index in [9.17, 15) is 4.79 Å². The molecule has 0 unspecified atom stereocenters. The van der Waals surface area contributed by atoms with Gasteiger partial charge in [0, 0.05) is 0 Å². The van der Waals surface area contributed by atoms with Gasteiger partial charge in [-0.05, 0) is 30.5 Å². The van der Waals surface area contributed by atoms with E-state index in [2.05, 4.69) is 12.2 Å². The van der Waals surface area contributed by atoms with Crippen molar-refractivity contribution in [3.05, 3.63) is 17.7 Å². The Balaban J connectivity index is 2.28. The molecule has 0 atom stereocenters. The van der Waals surface area contributed by atoms with Gasteiger partial charge in [0.05, 0.1) is 5.69 Å². The molecule has 0 fully saturated rings. The van der Waals surface area contributed by atoms with E-state index in [1.165, 1.54) is 0 Å². The molecule has 19 heavy (non-hydrogen) atoms. The van der Waals surface area contributed by atoms with Crippen molar-refractivity contribution in [2.24, 2.45) is 0 Å². The Hall–Kier alpha value is -1.42. The van der Waals surface area contributed by atoms with Crippen molar-refractivity contribution in [2.75, 3.05) is 24.4 Å². The summed E-state index contributed by atoms with van der Waals surface area (Å²) in [5.41, 5.74) is 1.78. The Kier molecular flexibility index (Phi) is 4.91. The Morgan fingerprint density at radius 2 is 2.16 bits per heavy atom. The van der Waals surface area contributed by atoms with E-state index in [-0.39, 0.29) is 11.8 Å². The van der Waals surface area contributed by atoms with E-state index < -0.39 is 0 Å². The molecule has 2 rings (SSSR count). The number of unbranched alkanes of at least 4 members (excludes halogenated alkanes) is 1.